The van der Waals surface area contributed by atoms with Gasteiger partial charge in [-0.15, -0.1) is 11.3 Å². The molecule has 4 N–H and O–H groups in total. The number of carbonyl (C=O) groups is 2. The van der Waals surface area contributed by atoms with Gasteiger partial charge in [0.05, 0.1) is 14.9 Å². The fourth-order valence-corrected chi connectivity index (χ4v) is 3.04. The monoisotopic (exact) mass is 420 g/mol. The molecule has 0 saturated heterocycles. The van der Waals surface area contributed by atoms with Crippen LogP contribution in [-0.4, -0.2) is 17.3 Å². The summed E-state index contributed by atoms with van der Waals surface area (Å²) in [7, 11) is 0. The Balaban J connectivity index is 0.000000204. The molecule has 0 atom stereocenters. The van der Waals surface area contributed by atoms with Gasteiger partial charge in [-0.25, -0.2) is 5.84 Å². The molecule has 0 aliphatic heterocycles. The van der Waals surface area contributed by atoms with Gasteiger partial charge in [-0.05, 0) is 39.5 Å². The normalized spacial score (nSPS) is 9.35. The van der Waals surface area contributed by atoms with Crippen LogP contribution < -0.4 is 11.3 Å². The van der Waals surface area contributed by atoms with E-state index in [0.717, 1.165) is 4.47 Å². The van der Waals surface area contributed by atoms with E-state index in [2.05, 4.69) is 31.9 Å². The fraction of sp³-hybridized carbons (Fsp3) is 0. The molecule has 1 heterocycles. The Bertz CT molecular complexity index is 603. The molecule has 0 unspecified atom stereocenters. The molecule has 0 fully saturated rings. The number of hydrogen-bond acceptors (Lipinski definition) is 5. The molecule has 1 aromatic heterocycles. The fourth-order valence-electron chi connectivity index (χ4n) is 1.15. The average Bonchev–Trinajstić information content (AvgIpc) is 2.96. The van der Waals surface area contributed by atoms with E-state index in [9.17, 15) is 14.7 Å². The number of hydrazine groups is 1. The molecular weight excluding hydrogens is 412 g/mol. The molecule has 0 spiro atoms. The Labute approximate surface area is 136 Å². The first kappa shape index (κ1) is 16.8. The van der Waals surface area contributed by atoms with Crippen molar-refractivity contribution in [3.63, 3.8) is 0 Å². The SMILES string of the molecule is NNC(=O)c1cccs1.O=Cc1cc(Br)cc(Br)c1O. The highest BCUT2D eigenvalue weighted by Gasteiger charge is 2.05. The van der Waals surface area contributed by atoms with Crippen molar-refractivity contribution in [3.8, 4) is 5.75 Å². The zero-order chi connectivity index (χ0) is 15.1. The minimum absolute atomic E-state index is 0.0248. The van der Waals surface area contributed by atoms with Crippen molar-refractivity contribution in [1.29, 1.82) is 0 Å². The summed E-state index contributed by atoms with van der Waals surface area (Å²) in [4.78, 5) is 21.6. The quantitative estimate of drug-likeness (QED) is 0.300. The van der Waals surface area contributed by atoms with Crippen LogP contribution in [0.25, 0.3) is 0 Å². The molecule has 0 bridgehead atoms. The molecule has 8 heteroatoms. The van der Waals surface area contributed by atoms with Crippen LogP contribution >= 0.6 is 43.2 Å². The van der Waals surface area contributed by atoms with E-state index in [1.54, 1.807) is 24.3 Å². The first-order valence-electron chi connectivity index (χ1n) is 5.17. The Morgan fingerprint density at radius 2 is 2.10 bits per heavy atom. The van der Waals surface area contributed by atoms with Crippen LogP contribution in [0.1, 0.15) is 20.0 Å². The molecule has 0 saturated carbocycles. The number of aldehydes is 1. The maximum absolute atomic E-state index is 10.6. The van der Waals surface area contributed by atoms with Crippen molar-refractivity contribution in [3.05, 3.63) is 49.0 Å². The highest BCUT2D eigenvalue weighted by molar-refractivity contribution is 9.11. The lowest BCUT2D eigenvalue weighted by molar-refractivity contribution is 0.0957. The molecule has 5 nitrogen and oxygen atoms in total. The maximum Gasteiger partial charge on any atom is 0.275 e. The van der Waals surface area contributed by atoms with Gasteiger partial charge in [0.15, 0.2) is 6.29 Å². The number of halogens is 2. The first-order valence-corrected chi connectivity index (χ1v) is 7.63. The van der Waals surface area contributed by atoms with E-state index < -0.39 is 0 Å². The smallest absolute Gasteiger partial charge is 0.275 e. The molecule has 106 valence electrons. The van der Waals surface area contributed by atoms with E-state index in [0.29, 0.717) is 15.6 Å². The Morgan fingerprint density at radius 3 is 2.60 bits per heavy atom. The summed E-state index contributed by atoms with van der Waals surface area (Å²) in [5.41, 5.74) is 2.31. The Kier molecular flexibility index (Phi) is 6.86. The van der Waals surface area contributed by atoms with Gasteiger partial charge in [0, 0.05) is 4.47 Å². The van der Waals surface area contributed by atoms with Gasteiger partial charge < -0.3 is 5.11 Å². The molecule has 1 amide bonds. The molecule has 2 aromatic rings. The number of nitrogen functional groups attached to an aromatic ring is 1. The van der Waals surface area contributed by atoms with Gasteiger partial charge in [0.2, 0.25) is 0 Å². The number of hydrogen-bond donors (Lipinski definition) is 3. The Hall–Kier alpha value is -1.22. The van der Waals surface area contributed by atoms with E-state index in [4.69, 9.17) is 5.84 Å². The van der Waals surface area contributed by atoms with E-state index >= 15 is 0 Å². The second-order valence-electron chi connectivity index (χ2n) is 3.39. The number of rotatable bonds is 2. The number of phenols is 1. The molecule has 0 aliphatic carbocycles. The van der Waals surface area contributed by atoms with E-state index in [1.807, 2.05) is 10.8 Å². The summed E-state index contributed by atoms with van der Waals surface area (Å²) in [6, 6.07) is 6.73. The molecule has 2 rings (SSSR count). The summed E-state index contributed by atoms with van der Waals surface area (Å²) in [6.07, 6.45) is 0.602. The average molecular weight is 422 g/mol. The zero-order valence-electron chi connectivity index (χ0n) is 9.97. The van der Waals surface area contributed by atoms with Crippen LogP contribution in [0.4, 0.5) is 0 Å². The van der Waals surface area contributed by atoms with Crippen LogP contribution in [0.5, 0.6) is 5.75 Å². The summed E-state index contributed by atoms with van der Waals surface area (Å²) < 4.78 is 1.26. The molecule has 0 radical (unpaired) electrons. The standard InChI is InChI=1S/C7H4Br2O2.C5H6N2OS/c8-5-1-4(3-10)7(11)6(9)2-5;6-7-5(8)4-2-1-3-9-4/h1-3,11H;1-3H,6H2,(H,7,8). The summed E-state index contributed by atoms with van der Waals surface area (Å²) in [6.45, 7) is 0. The summed E-state index contributed by atoms with van der Waals surface area (Å²) >= 11 is 7.65. The van der Waals surface area contributed by atoms with Gasteiger partial charge in [0.1, 0.15) is 5.75 Å². The lowest BCUT2D eigenvalue weighted by Gasteiger charge is -1.99. The molecular formula is C12H10Br2N2O3S. The van der Waals surface area contributed by atoms with Crippen molar-refractivity contribution in [2.75, 3.05) is 0 Å². The third-order valence-electron chi connectivity index (χ3n) is 2.06. The number of benzene rings is 1. The third kappa shape index (κ3) is 4.71. The van der Waals surface area contributed by atoms with Crippen LogP contribution in [0.15, 0.2) is 38.6 Å². The number of phenolic OH excluding ortho intramolecular Hbond substituents is 1. The van der Waals surface area contributed by atoms with Crippen molar-refractivity contribution >= 4 is 55.4 Å². The van der Waals surface area contributed by atoms with Crippen LogP contribution in [-0.2, 0) is 0 Å². The highest BCUT2D eigenvalue weighted by Crippen LogP contribution is 2.30. The number of carbonyl (C=O) groups excluding carboxylic acids is 2. The van der Waals surface area contributed by atoms with Gasteiger partial charge in [-0.2, -0.15) is 0 Å². The van der Waals surface area contributed by atoms with Gasteiger partial charge in [-0.1, -0.05) is 22.0 Å². The van der Waals surface area contributed by atoms with Crippen molar-refractivity contribution in [2.45, 2.75) is 0 Å². The first-order chi connectivity index (χ1) is 9.49. The number of nitrogens with two attached hydrogens (primary N) is 1. The maximum atomic E-state index is 10.6. The van der Waals surface area contributed by atoms with Crippen molar-refractivity contribution in [2.24, 2.45) is 5.84 Å². The molecule has 0 aliphatic rings. The van der Waals surface area contributed by atoms with Gasteiger partial charge in [0.25, 0.3) is 5.91 Å². The second kappa shape index (κ2) is 8.15. The second-order valence-corrected chi connectivity index (χ2v) is 6.11. The highest BCUT2D eigenvalue weighted by atomic mass is 79.9. The number of aromatic hydroxyl groups is 1. The van der Waals surface area contributed by atoms with Crippen LogP contribution in [0, 0.1) is 0 Å². The zero-order valence-corrected chi connectivity index (χ0v) is 14.0. The molecule has 20 heavy (non-hydrogen) atoms. The minimum Gasteiger partial charge on any atom is -0.506 e. The van der Waals surface area contributed by atoms with E-state index in [1.165, 1.54) is 11.3 Å². The summed E-state index contributed by atoms with van der Waals surface area (Å²) in [5, 5.41) is 11.0. The summed E-state index contributed by atoms with van der Waals surface area (Å²) in [5.74, 6) is 4.61. The van der Waals surface area contributed by atoms with E-state index in [-0.39, 0.29) is 17.2 Å². The number of nitrogens with one attached hydrogen (secondary N) is 1. The largest absolute Gasteiger partial charge is 0.506 e. The Morgan fingerprint density at radius 1 is 1.40 bits per heavy atom. The number of thiophene rings is 1. The third-order valence-corrected chi connectivity index (χ3v) is 3.99. The number of amides is 1. The van der Waals surface area contributed by atoms with Crippen LogP contribution in [0.3, 0.4) is 0 Å². The minimum atomic E-state index is -0.231. The molecule has 1 aromatic carbocycles. The van der Waals surface area contributed by atoms with Crippen molar-refractivity contribution in [1.82, 2.24) is 5.43 Å². The van der Waals surface area contributed by atoms with Crippen LogP contribution in [0.2, 0.25) is 0 Å². The van der Waals surface area contributed by atoms with Gasteiger partial charge in [-0.3, -0.25) is 15.0 Å². The predicted molar refractivity (Wildman–Crippen MR) is 84.9 cm³/mol. The lowest BCUT2D eigenvalue weighted by Crippen LogP contribution is -2.29. The van der Waals surface area contributed by atoms with Gasteiger partial charge >= 0.3 is 0 Å². The predicted octanol–water partition coefficient (Wildman–Crippen LogP) is 3.08. The van der Waals surface area contributed by atoms with Crippen molar-refractivity contribution < 1.29 is 14.7 Å². The lowest BCUT2D eigenvalue weighted by atomic mass is 10.2. The topological polar surface area (TPSA) is 92.4 Å².